The van der Waals surface area contributed by atoms with Crippen LogP contribution in [0.4, 0.5) is 0 Å². The fourth-order valence-electron chi connectivity index (χ4n) is 2.82. The van der Waals surface area contributed by atoms with E-state index in [-0.39, 0.29) is 11.2 Å². The zero-order chi connectivity index (χ0) is 17.6. The molecule has 0 spiro atoms. The first kappa shape index (κ1) is 16.4. The van der Waals surface area contributed by atoms with Gasteiger partial charge in [-0.1, -0.05) is 50.7 Å². The molecule has 6 heteroatoms. The lowest BCUT2D eigenvalue weighted by molar-refractivity contribution is -0.123. The van der Waals surface area contributed by atoms with Crippen molar-refractivity contribution in [3.63, 3.8) is 0 Å². The van der Waals surface area contributed by atoms with Gasteiger partial charge >= 0.3 is 0 Å². The van der Waals surface area contributed by atoms with Crippen molar-refractivity contribution in [1.82, 2.24) is 19.7 Å². The molecule has 4 rings (SSSR count). The third-order valence-corrected chi connectivity index (χ3v) is 5.52. The summed E-state index contributed by atoms with van der Waals surface area (Å²) in [6, 6.07) is 8.67. The molecule has 130 valence electrons. The van der Waals surface area contributed by atoms with Crippen LogP contribution >= 0.6 is 11.8 Å². The van der Waals surface area contributed by atoms with Crippen molar-refractivity contribution in [2.75, 3.05) is 5.75 Å². The summed E-state index contributed by atoms with van der Waals surface area (Å²) in [6.07, 6.45) is 4.30. The number of benzene rings is 1. The van der Waals surface area contributed by atoms with Gasteiger partial charge in [0.25, 0.3) is 0 Å². The molecule has 0 unspecified atom stereocenters. The highest BCUT2D eigenvalue weighted by molar-refractivity contribution is 7.99. The number of carbonyl (C=O) groups is 1. The average molecular weight is 354 g/mol. The van der Waals surface area contributed by atoms with Crippen LogP contribution < -0.4 is 0 Å². The SMILES string of the molecule is CC(C)(C)C(=O)CSc1nnc(-c2c[nH]c3ccccc23)n1C1CC1. The van der Waals surface area contributed by atoms with Crippen LogP contribution in [0.25, 0.3) is 22.3 Å². The lowest BCUT2D eigenvalue weighted by Crippen LogP contribution is -2.22. The van der Waals surface area contributed by atoms with E-state index in [1.165, 1.54) is 11.8 Å². The number of Topliss-reactive ketones (excluding diaryl/α,β-unsaturated/α-hetero) is 1. The zero-order valence-corrected chi connectivity index (χ0v) is 15.6. The maximum atomic E-state index is 12.3. The van der Waals surface area contributed by atoms with Gasteiger partial charge in [-0.05, 0) is 18.9 Å². The molecule has 1 aromatic carbocycles. The summed E-state index contributed by atoms with van der Waals surface area (Å²) in [5.74, 6) is 1.56. The van der Waals surface area contributed by atoms with Crippen LogP contribution in [0.15, 0.2) is 35.6 Å². The first-order valence-corrected chi connectivity index (χ1v) is 9.61. The Morgan fingerprint density at radius 2 is 2.04 bits per heavy atom. The van der Waals surface area contributed by atoms with Crippen LogP contribution in [0.2, 0.25) is 0 Å². The molecule has 3 aromatic rings. The molecule has 0 radical (unpaired) electrons. The molecule has 0 amide bonds. The van der Waals surface area contributed by atoms with E-state index in [2.05, 4.69) is 31.9 Å². The molecule has 1 saturated carbocycles. The van der Waals surface area contributed by atoms with Crippen LogP contribution in [-0.2, 0) is 4.79 Å². The van der Waals surface area contributed by atoms with Gasteiger partial charge in [-0.15, -0.1) is 10.2 Å². The van der Waals surface area contributed by atoms with E-state index < -0.39 is 0 Å². The van der Waals surface area contributed by atoms with E-state index >= 15 is 0 Å². The van der Waals surface area contributed by atoms with Crippen LogP contribution in [0.3, 0.4) is 0 Å². The van der Waals surface area contributed by atoms with Crippen molar-refractivity contribution in [2.45, 2.75) is 44.8 Å². The number of hydrogen-bond acceptors (Lipinski definition) is 4. The normalized spacial score (nSPS) is 15.0. The summed E-state index contributed by atoms with van der Waals surface area (Å²) in [6.45, 7) is 5.87. The lowest BCUT2D eigenvalue weighted by atomic mass is 9.92. The highest BCUT2D eigenvalue weighted by Crippen LogP contribution is 2.42. The Hall–Kier alpha value is -2.08. The number of para-hydroxylation sites is 1. The summed E-state index contributed by atoms with van der Waals surface area (Å²) in [4.78, 5) is 15.6. The van der Waals surface area contributed by atoms with E-state index in [0.29, 0.717) is 11.8 Å². The van der Waals surface area contributed by atoms with E-state index in [1.54, 1.807) is 0 Å². The van der Waals surface area contributed by atoms with Gasteiger partial charge in [-0.2, -0.15) is 0 Å². The second-order valence-corrected chi connectivity index (χ2v) is 8.56. The Balaban J connectivity index is 1.68. The second-order valence-electron chi connectivity index (χ2n) is 7.62. The Labute approximate surface area is 151 Å². The maximum Gasteiger partial charge on any atom is 0.192 e. The Bertz CT molecular complexity index is 930. The molecule has 0 atom stereocenters. The van der Waals surface area contributed by atoms with Crippen molar-refractivity contribution in [3.05, 3.63) is 30.5 Å². The number of hydrogen-bond donors (Lipinski definition) is 1. The van der Waals surface area contributed by atoms with Gasteiger partial charge in [-0.3, -0.25) is 9.36 Å². The first-order chi connectivity index (χ1) is 11.9. The number of thioether (sulfide) groups is 1. The van der Waals surface area contributed by atoms with Gasteiger partial charge in [0.15, 0.2) is 11.0 Å². The van der Waals surface area contributed by atoms with Gasteiger partial charge in [0, 0.05) is 34.1 Å². The quantitative estimate of drug-likeness (QED) is 0.687. The monoisotopic (exact) mass is 354 g/mol. The number of rotatable bonds is 5. The predicted molar refractivity (Wildman–Crippen MR) is 101 cm³/mol. The third-order valence-electron chi connectivity index (χ3n) is 4.58. The van der Waals surface area contributed by atoms with E-state index in [4.69, 9.17) is 0 Å². The molecule has 2 heterocycles. The number of H-pyrrole nitrogens is 1. The summed E-state index contributed by atoms with van der Waals surface area (Å²) in [7, 11) is 0. The Morgan fingerprint density at radius 1 is 1.28 bits per heavy atom. The minimum absolute atomic E-state index is 0.233. The fourth-order valence-corrected chi connectivity index (χ4v) is 3.99. The van der Waals surface area contributed by atoms with Crippen molar-refractivity contribution < 1.29 is 4.79 Å². The molecule has 5 nitrogen and oxygen atoms in total. The number of ketones is 1. The number of fused-ring (bicyclic) bond motifs is 1. The van der Waals surface area contributed by atoms with Crippen molar-refractivity contribution in [2.24, 2.45) is 5.41 Å². The van der Waals surface area contributed by atoms with Gasteiger partial charge < -0.3 is 4.98 Å². The summed E-state index contributed by atoms with van der Waals surface area (Å²) in [5, 5.41) is 10.9. The predicted octanol–water partition coefficient (Wildman–Crippen LogP) is 4.47. The number of aromatic amines is 1. The van der Waals surface area contributed by atoms with E-state index in [1.807, 2.05) is 39.1 Å². The van der Waals surface area contributed by atoms with Gasteiger partial charge in [-0.25, -0.2) is 0 Å². The molecule has 0 aliphatic heterocycles. The third kappa shape index (κ3) is 3.11. The van der Waals surface area contributed by atoms with Crippen molar-refractivity contribution in [1.29, 1.82) is 0 Å². The molecular weight excluding hydrogens is 332 g/mol. The van der Waals surface area contributed by atoms with Crippen molar-refractivity contribution in [3.8, 4) is 11.4 Å². The minimum Gasteiger partial charge on any atom is -0.360 e. The molecule has 25 heavy (non-hydrogen) atoms. The zero-order valence-electron chi connectivity index (χ0n) is 14.7. The van der Waals surface area contributed by atoms with Gasteiger partial charge in [0.2, 0.25) is 0 Å². The summed E-state index contributed by atoms with van der Waals surface area (Å²) < 4.78 is 2.22. The standard InChI is InChI=1S/C19H22N4OS/c1-19(2,3)16(24)11-25-18-22-21-17(23(18)12-8-9-12)14-10-20-15-7-5-4-6-13(14)15/h4-7,10,12,20H,8-9,11H2,1-3H3. The minimum atomic E-state index is -0.322. The summed E-state index contributed by atoms with van der Waals surface area (Å²) >= 11 is 1.50. The largest absolute Gasteiger partial charge is 0.360 e. The van der Waals surface area contributed by atoms with Gasteiger partial charge in [0.05, 0.1) is 5.75 Å². The Morgan fingerprint density at radius 3 is 2.76 bits per heavy atom. The molecule has 0 saturated heterocycles. The molecule has 1 aliphatic rings. The maximum absolute atomic E-state index is 12.3. The first-order valence-electron chi connectivity index (χ1n) is 8.62. The average Bonchev–Trinajstić information content (AvgIpc) is 3.18. The fraction of sp³-hybridized carbons (Fsp3) is 0.421. The van der Waals surface area contributed by atoms with Crippen LogP contribution in [0.5, 0.6) is 0 Å². The molecule has 1 N–H and O–H groups in total. The lowest BCUT2D eigenvalue weighted by Gasteiger charge is -2.16. The number of nitrogens with one attached hydrogen (secondary N) is 1. The van der Waals surface area contributed by atoms with E-state index in [0.717, 1.165) is 40.3 Å². The molecule has 0 bridgehead atoms. The molecule has 1 fully saturated rings. The van der Waals surface area contributed by atoms with Crippen molar-refractivity contribution >= 4 is 28.4 Å². The molecule has 2 aromatic heterocycles. The topological polar surface area (TPSA) is 63.6 Å². The van der Waals surface area contributed by atoms with Crippen LogP contribution in [0.1, 0.15) is 39.7 Å². The molecule has 1 aliphatic carbocycles. The number of carbonyl (C=O) groups excluding carboxylic acids is 1. The van der Waals surface area contributed by atoms with Gasteiger partial charge in [0.1, 0.15) is 5.78 Å². The summed E-state index contributed by atoms with van der Waals surface area (Å²) in [5.41, 5.74) is 1.85. The highest BCUT2D eigenvalue weighted by atomic mass is 32.2. The number of nitrogens with zero attached hydrogens (tertiary/aromatic N) is 3. The smallest absolute Gasteiger partial charge is 0.192 e. The second kappa shape index (κ2) is 6.02. The molecular formula is C19H22N4OS. The van der Waals surface area contributed by atoms with Crippen LogP contribution in [0, 0.1) is 5.41 Å². The Kier molecular flexibility index (Phi) is 3.95. The van der Waals surface area contributed by atoms with E-state index in [9.17, 15) is 4.79 Å². The van der Waals surface area contributed by atoms with Crippen LogP contribution in [-0.4, -0.2) is 31.3 Å². The number of aromatic nitrogens is 4. The highest BCUT2D eigenvalue weighted by Gasteiger charge is 2.31.